The van der Waals surface area contributed by atoms with Crippen LogP contribution in [0.5, 0.6) is 0 Å². The third kappa shape index (κ3) is 4.91. The number of rotatable bonds is 6. The van der Waals surface area contributed by atoms with Crippen LogP contribution in [0.25, 0.3) is 0 Å². The van der Waals surface area contributed by atoms with E-state index in [0.717, 1.165) is 11.3 Å². The fourth-order valence-electron chi connectivity index (χ4n) is 2.89. The average molecular weight is 360 g/mol. The molecule has 0 aliphatic carbocycles. The fourth-order valence-corrected chi connectivity index (χ4v) is 2.89. The second kappa shape index (κ2) is 8.45. The van der Waals surface area contributed by atoms with Crippen molar-refractivity contribution in [3.8, 4) is 0 Å². The molecule has 2 aromatic carbocycles. The minimum atomic E-state index is -0.112. The van der Waals surface area contributed by atoms with Crippen LogP contribution in [0.4, 0.5) is 5.95 Å². The van der Waals surface area contributed by atoms with Crippen molar-refractivity contribution in [2.24, 2.45) is 0 Å². The molecule has 0 aliphatic rings. The number of amides is 1. The molecule has 0 fully saturated rings. The summed E-state index contributed by atoms with van der Waals surface area (Å²) in [6.07, 6.45) is 0. The Kier molecular flexibility index (Phi) is 5.81. The van der Waals surface area contributed by atoms with Crippen LogP contribution in [0.3, 0.4) is 0 Å². The van der Waals surface area contributed by atoms with Crippen molar-refractivity contribution in [3.05, 3.63) is 89.2 Å². The summed E-state index contributed by atoms with van der Waals surface area (Å²) in [6, 6.07) is 21.8. The van der Waals surface area contributed by atoms with Gasteiger partial charge >= 0.3 is 0 Å². The topological polar surface area (TPSA) is 49.3 Å². The van der Waals surface area contributed by atoms with E-state index in [1.54, 1.807) is 18.0 Å². The maximum atomic E-state index is 12.9. The Balaban J connectivity index is 1.76. The second-order valence-corrected chi connectivity index (χ2v) is 6.68. The van der Waals surface area contributed by atoms with Gasteiger partial charge in [0, 0.05) is 32.9 Å². The van der Waals surface area contributed by atoms with Gasteiger partial charge < -0.3 is 9.80 Å². The van der Waals surface area contributed by atoms with Crippen LogP contribution in [-0.4, -0.2) is 34.9 Å². The van der Waals surface area contributed by atoms with E-state index in [1.807, 2.05) is 67.4 Å². The standard InChI is InChI=1S/C22H24N4O/c1-17-14-20(21(27)25(2)15-18-10-6-4-7-11-18)24-22(23-17)26(3)16-19-12-8-5-9-13-19/h4-14H,15-16H2,1-3H3. The number of benzene rings is 2. The van der Waals surface area contributed by atoms with Gasteiger partial charge in [-0.2, -0.15) is 0 Å². The Morgan fingerprint density at radius 1 is 0.852 bits per heavy atom. The van der Waals surface area contributed by atoms with Crippen molar-refractivity contribution < 1.29 is 4.79 Å². The first-order valence-corrected chi connectivity index (χ1v) is 8.93. The van der Waals surface area contributed by atoms with Gasteiger partial charge in [-0.25, -0.2) is 9.97 Å². The van der Waals surface area contributed by atoms with E-state index in [0.29, 0.717) is 24.7 Å². The van der Waals surface area contributed by atoms with Crippen LogP contribution in [-0.2, 0) is 13.1 Å². The van der Waals surface area contributed by atoms with E-state index in [2.05, 4.69) is 22.1 Å². The summed E-state index contributed by atoms with van der Waals surface area (Å²) in [6.45, 7) is 3.10. The smallest absolute Gasteiger partial charge is 0.272 e. The molecule has 0 saturated heterocycles. The van der Waals surface area contributed by atoms with E-state index < -0.39 is 0 Å². The van der Waals surface area contributed by atoms with Gasteiger partial charge in [0.25, 0.3) is 5.91 Å². The minimum Gasteiger partial charge on any atom is -0.340 e. The van der Waals surface area contributed by atoms with E-state index in [-0.39, 0.29) is 5.91 Å². The Hall–Kier alpha value is -3.21. The lowest BCUT2D eigenvalue weighted by molar-refractivity contribution is 0.0779. The van der Waals surface area contributed by atoms with Crippen molar-refractivity contribution in [3.63, 3.8) is 0 Å². The Labute approximate surface area is 160 Å². The summed E-state index contributed by atoms with van der Waals surface area (Å²) >= 11 is 0. The lowest BCUT2D eigenvalue weighted by atomic mass is 10.2. The average Bonchev–Trinajstić information content (AvgIpc) is 2.68. The molecule has 1 amide bonds. The first kappa shape index (κ1) is 18.6. The van der Waals surface area contributed by atoms with Crippen molar-refractivity contribution in [1.29, 1.82) is 0 Å². The van der Waals surface area contributed by atoms with E-state index >= 15 is 0 Å². The molecule has 5 nitrogen and oxygen atoms in total. The molecule has 5 heteroatoms. The summed E-state index contributed by atoms with van der Waals surface area (Å²) < 4.78 is 0. The van der Waals surface area contributed by atoms with Gasteiger partial charge in [-0.15, -0.1) is 0 Å². The zero-order valence-corrected chi connectivity index (χ0v) is 16.0. The highest BCUT2D eigenvalue weighted by molar-refractivity contribution is 5.92. The Morgan fingerprint density at radius 2 is 1.41 bits per heavy atom. The lowest BCUT2D eigenvalue weighted by Gasteiger charge is -2.20. The highest BCUT2D eigenvalue weighted by Gasteiger charge is 2.17. The number of aromatic nitrogens is 2. The first-order valence-electron chi connectivity index (χ1n) is 8.93. The number of carbonyl (C=O) groups excluding carboxylic acids is 1. The van der Waals surface area contributed by atoms with Crippen LogP contribution >= 0.6 is 0 Å². The summed E-state index contributed by atoms with van der Waals surface area (Å²) in [5, 5.41) is 0. The summed E-state index contributed by atoms with van der Waals surface area (Å²) in [5.74, 6) is 0.439. The molecule has 27 heavy (non-hydrogen) atoms. The molecule has 0 radical (unpaired) electrons. The highest BCUT2D eigenvalue weighted by atomic mass is 16.2. The van der Waals surface area contributed by atoms with Crippen molar-refractivity contribution in [2.75, 3.05) is 19.0 Å². The monoisotopic (exact) mass is 360 g/mol. The predicted octanol–water partition coefficient (Wildman–Crippen LogP) is 3.69. The molecule has 138 valence electrons. The van der Waals surface area contributed by atoms with Crippen LogP contribution in [0.2, 0.25) is 0 Å². The largest absolute Gasteiger partial charge is 0.340 e. The van der Waals surface area contributed by atoms with Crippen LogP contribution in [0.1, 0.15) is 27.3 Å². The summed E-state index contributed by atoms with van der Waals surface area (Å²) in [7, 11) is 3.73. The molecule has 3 aromatic rings. The molecule has 0 saturated carbocycles. The van der Waals surface area contributed by atoms with Crippen LogP contribution < -0.4 is 4.90 Å². The molecule has 0 atom stereocenters. The summed E-state index contributed by atoms with van der Waals surface area (Å²) in [5.41, 5.74) is 3.44. The number of anilines is 1. The van der Waals surface area contributed by atoms with Crippen LogP contribution in [0.15, 0.2) is 66.7 Å². The number of hydrogen-bond acceptors (Lipinski definition) is 4. The minimum absolute atomic E-state index is 0.112. The number of aryl methyl sites for hydroxylation is 1. The zero-order chi connectivity index (χ0) is 19.2. The molecule has 0 N–H and O–H groups in total. The molecular formula is C22H24N4O. The Bertz CT molecular complexity index is 897. The SMILES string of the molecule is Cc1cc(C(=O)N(C)Cc2ccccc2)nc(N(C)Cc2ccccc2)n1. The number of carbonyl (C=O) groups is 1. The van der Waals surface area contributed by atoms with Gasteiger partial charge in [0.1, 0.15) is 5.69 Å². The first-order chi connectivity index (χ1) is 13.0. The van der Waals surface area contributed by atoms with Gasteiger partial charge in [0.15, 0.2) is 0 Å². The van der Waals surface area contributed by atoms with Crippen LogP contribution in [0, 0.1) is 6.92 Å². The zero-order valence-electron chi connectivity index (χ0n) is 16.0. The highest BCUT2D eigenvalue weighted by Crippen LogP contribution is 2.14. The van der Waals surface area contributed by atoms with Crippen molar-refractivity contribution in [2.45, 2.75) is 20.0 Å². The third-order valence-electron chi connectivity index (χ3n) is 4.27. The van der Waals surface area contributed by atoms with Gasteiger partial charge in [-0.1, -0.05) is 60.7 Å². The van der Waals surface area contributed by atoms with Crippen molar-refractivity contribution >= 4 is 11.9 Å². The van der Waals surface area contributed by atoms with Gasteiger partial charge in [0.2, 0.25) is 5.95 Å². The quantitative estimate of drug-likeness (QED) is 0.673. The third-order valence-corrected chi connectivity index (χ3v) is 4.27. The predicted molar refractivity (Wildman–Crippen MR) is 108 cm³/mol. The number of nitrogens with zero attached hydrogens (tertiary/aromatic N) is 4. The fraction of sp³-hybridized carbons (Fsp3) is 0.227. The Morgan fingerprint density at radius 3 is 2.00 bits per heavy atom. The van der Waals surface area contributed by atoms with Crippen molar-refractivity contribution in [1.82, 2.24) is 14.9 Å². The number of hydrogen-bond donors (Lipinski definition) is 0. The molecule has 3 rings (SSSR count). The summed E-state index contributed by atoms with van der Waals surface area (Å²) in [4.78, 5) is 25.5. The van der Waals surface area contributed by atoms with Gasteiger partial charge in [0.05, 0.1) is 0 Å². The molecule has 0 spiro atoms. The molecule has 0 unspecified atom stereocenters. The molecule has 1 heterocycles. The normalized spacial score (nSPS) is 10.5. The molecule has 1 aromatic heterocycles. The molecule has 0 aliphatic heterocycles. The molecular weight excluding hydrogens is 336 g/mol. The van der Waals surface area contributed by atoms with Gasteiger partial charge in [-0.05, 0) is 24.1 Å². The molecule has 0 bridgehead atoms. The van der Waals surface area contributed by atoms with E-state index in [9.17, 15) is 4.79 Å². The maximum absolute atomic E-state index is 12.9. The maximum Gasteiger partial charge on any atom is 0.272 e. The van der Waals surface area contributed by atoms with E-state index in [1.165, 1.54) is 5.56 Å². The second-order valence-electron chi connectivity index (χ2n) is 6.68. The van der Waals surface area contributed by atoms with E-state index in [4.69, 9.17) is 0 Å². The van der Waals surface area contributed by atoms with Gasteiger partial charge in [-0.3, -0.25) is 4.79 Å². The lowest BCUT2D eigenvalue weighted by Crippen LogP contribution is -2.28.